The molecule has 1 aliphatic rings. The van der Waals surface area contributed by atoms with Gasteiger partial charge in [0.25, 0.3) is 0 Å². The van der Waals surface area contributed by atoms with E-state index >= 15 is 0 Å². The monoisotopic (exact) mass is 492 g/mol. The number of likely N-dealkylation sites (tertiary alicyclic amines) is 1. The van der Waals surface area contributed by atoms with Gasteiger partial charge < -0.3 is 20.9 Å². The molecule has 8 heteroatoms. The number of aromatic nitrogens is 2. The lowest BCUT2D eigenvalue weighted by molar-refractivity contribution is -0.127. The molecule has 37 heavy (non-hydrogen) atoms. The van der Waals surface area contributed by atoms with E-state index in [1.54, 1.807) is 13.1 Å². The minimum atomic E-state index is -0.258. The van der Waals surface area contributed by atoms with Crippen molar-refractivity contribution >= 4 is 45.7 Å². The average Bonchev–Trinajstić information content (AvgIpc) is 3.38. The fourth-order valence-corrected chi connectivity index (χ4v) is 4.49. The Labute approximate surface area is 215 Å². The van der Waals surface area contributed by atoms with Crippen molar-refractivity contribution < 1.29 is 9.59 Å². The minimum absolute atomic E-state index is 0.120. The van der Waals surface area contributed by atoms with E-state index in [4.69, 9.17) is 4.98 Å². The molecular formula is C29H28N6O2. The summed E-state index contributed by atoms with van der Waals surface area (Å²) in [5.74, 6) is 0.352. The van der Waals surface area contributed by atoms with E-state index in [9.17, 15) is 9.59 Å². The molecule has 1 aliphatic heterocycles. The molecule has 1 aromatic heterocycles. The number of carbonyl (C=O) groups is 2. The first-order valence-corrected chi connectivity index (χ1v) is 12.2. The highest BCUT2D eigenvalue weighted by atomic mass is 16.2. The molecule has 2 amide bonds. The third-order valence-corrected chi connectivity index (χ3v) is 6.38. The SMILES string of the molecule is C=CC(=O)Nc1cccc(-c2cccc3cnc(Nc4ccc(N[C@@H]5CCN(C(C)=O)C5)cc4)nc23)c1. The standard InChI is InChI=1S/C29H28N6O2/c1-3-27(37)32-24-8-4-6-20(16-24)26-9-5-7-21-17-30-29(34-28(21)26)33-23-12-10-22(11-13-23)31-25-14-15-35(18-25)19(2)36/h3-13,16-17,25,31H,1,14-15,18H2,2H3,(H,32,37)(H,30,33,34)/t25-/m1/s1. The van der Waals surface area contributed by atoms with E-state index in [0.717, 1.165) is 52.9 Å². The Morgan fingerprint density at radius 2 is 1.81 bits per heavy atom. The summed E-state index contributed by atoms with van der Waals surface area (Å²) in [5.41, 5.74) is 5.24. The molecule has 3 aromatic carbocycles. The summed E-state index contributed by atoms with van der Waals surface area (Å²) in [6.07, 6.45) is 3.99. The van der Waals surface area contributed by atoms with Gasteiger partial charge in [0.1, 0.15) is 0 Å². The molecule has 5 rings (SSSR count). The van der Waals surface area contributed by atoms with Gasteiger partial charge in [0.15, 0.2) is 0 Å². The quantitative estimate of drug-likeness (QED) is 0.307. The number of fused-ring (bicyclic) bond motifs is 1. The van der Waals surface area contributed by atoms with Gasteiger partial charge in [-0.2, -0.15) is 0 Å². The van der Waals surface area contributed by atoms with Crippen molar-refractivity contribution in [1.82, 2.24) is 14.9 Å². The zero-order valence-electron chi connectivity index (χ0n) is 20.6. The van der Waals surface area contributed by atoms with E-state index in [1.807, 2.05) is 71.6 Å². The number of nitrogens with one attached hydrogen (secondary N) is 3. The van der Waals surface area contributed by atoms with Crippen molar-refractivity contribution in [3.05, 3.63) is 85.6 Å². The Kier molecular flexibility index (Phi) is 6.81. The molecule has 0 bridgehead atoms. The molecule has 4 aromatic rings. The summed E-state index contributed by atoms with van der Waals surface area (Å²) in [4.78, 5) is 34.5. The molecule has 0 unspecified atom stereocenters. The summed E-state index contributed by atoms with van der Waals surface area (Å²) >= 11 is 0. The molecule has 2 heterocycles. The maximum Gasteiger partial charge on any atom is 0.247 e. The van der Waals surface area contributed by atoms with Crippen LogP contribution >= 0.6 is 0 Å². The fraction of sp³-hybridized carbons (Fsp3) is 0.172. The molecule has 1 fully saturated rings. The van der Waals surface area contributed by atoms with Crippen LogP contribution < -0.4 is 16.0 Å². The molecular weight excluding hydrogens is 464 g/mol. The highest BCUT2D eigenvalue weighted by Crippen LogP contribution is 2.30. The molecule has 0 spiro atoms. The Hall–Kier alpha value is -4.72. The van der Waals surface area contributed by atoms with Gasteiger partial charge >= 0.3 is 0 Å². The van der Waals surface area contributed by atoms with Crippen LogP contribution in [0.1, 0.15) is 13.3 Å². The Balaban J connectivity index is 1.33. The third kappa shape index (κ3) is 5.59. The van der Waals surface area contributed by atoms with Crippen LogP contribution in [0.15, 0.2) is 85.6 Å². The van der Waals surface area contributed by atoms with Crippen molar-refractivity contribution in [1.29, 1.82) is 0 Å². The van der Waals surface area contributed by atoms with Crippen molar-refractivity contribution in [2.45, 2.75) is 19.4 Å². The molecule has 1 atom stereocenters. The Morgan fingerprint density at radius 1 is 1.03 bits per heavy atom. The van der Waals surface area contributed by atoms with Crippen molar-refractivity contribution in [2.75, 3.05) is 29.0 Å². The first-order valence-electron chi connectivity index (χ1n) is 12.2. The Morgan fingerprint density at radius 3 is 2.57 bits per heavy atom. The first-order chi connectivity index (χ1) is 18.0. The van der Waals surface area contributed by atoms with Crippen LogP contribution in [-0.4, -0.2) is 45.8 Å². The molecule has 0 aliphatic carbocycles. The summed E-state index contributed by atoms with van der Waals surface area (Å²) in [5, 5.41) is 10.5. The zero-order valence-corrected chi connectivity index (χ0v) is 20.6. The smallest absolute Gasteiger partial charge is 0.247 e. The minimum Gasteiger partial charge on any atom is -0.380 e. The van der Waals surface area contributed by atoms with Crippen LogP contribution in [0.4, 0.5) is 23.0 Å². The maximum atomic E-state index is 11.7. The van der Waals surface area contributed by atoms with E-state index in [2.05, 4.69) is 27.5 Å². The fourth-order valence-electron chi connectivity index (χ4n) is 4.49. The second-order valence-electron chi connectivity index (χ2n) is 9.01. The lowest BCUT2D eigenvalue weighted by Gasteiger charge is -2.16. The number of hydrogen-bond acceptors (Lipinski definition) is 6. The third-order valence-electron chi connectivity index (χ3n) is 6.38. The van der Waals surface area contributed by atoms with E-state index in [0.29, 0.717) is 11.6 Å². The number of rotatable bonds is 7. The summed E-state index contributed by atoms with van der Waals surface area (Å²) in [6.45, 7) is 6.64. The average molecular weight is 493 g/mol. The summed E-state index contributed by atoms with van der Waals surface area (Å²) in [6, 6.07) is 21.8. The van der Waals surface area contributed by atoms with Crippen LogP contribution in [-0.2, 0) is 9.59 Å². The molecule has 186 valence electrons. The number of hydrogen-bond donors (Lipinski definition) is 3. The highest BCUT2D eigenvalue weighted by Gasteiger charge is 2.23. The zero-order chi connectivity index (χ0) is 25.8. The number of para-hydroxylation sites is 1. The lowest BCUT2D eigenvalue weighted by Crippen LogP contribution is -2.29. The lowest BCUT2D eigenvalue weighted by atomic mass is 10.0. The Bertz CT molecular complexity index is 1470. The molecule has 3 N–H and O–H groups in total. The second-order valence-corrected chi connectivity index (χ2v) is 9.01. The van der Waals surface area contributed by atoms with Crippen molar-refractivity contribution in [2.24, 2.45) is 0 Å². The normalized spacial score (nSPS) is 14.8. The van der Waals surface area contributed by atoms with Gasteiger partial charge in [-0.25, -0.2) is 9.97 Å². The predicted molar refractivity (Wildman–Crippen MR) is 148 cm³/mol. The highest BCUT2D eigenvalue weighted by molar-refractivity contribution is 6.00. The maximum absolute atomic E-state index is 11.7. The number of benzene rings is 3. The van der Waals surface area contributed by atoms with Gasteiger partial charge in [-0.15, -0.1) is 0 Å². The summed E-state index contributed by atoms with van der Waals surface area (Å²) in [7, 11) is 0. The predicted octanol–water partition coefficient (Wildman–Crippen LogP) is 5.20. The number of carbonyl (C=O) groups excluding carboxylic acids is 2. The van der Waals surface area contributed by atoms with Crippen LogP contribution in [0.2, 0.25) is 0 Å². The topological polar surface area (TPSA) is 99.2 Å². The van der Waals surface area contributed by atoms with Crippen LogP contribution in [0, 0.1) is 0 Å². The summed E-state index contributed by atoms with van der Waals surface area (Å²) < 4.78 is 0. The first kappa shape index (κ1) is 24.0. The van der Waals surface area contributed by atoms with Gasteiger partial charge in [-0.3, -0.25) is 9.59 Å². The molecule has 0 radical (unpaired) electrons. The van der Waals surface area contributed by atoms with Gasteiger partial charge in [0, 0.05) is 60.3 Å². The van der Waals surface area contributed by atoms with Crippen LogP contribution in [0.25, 0.3) is 22.0 Å². The molecule has 1 saturated heterocycles. The van der Waals surface area contributed by atoms with E-state index in [-0.39, 0.29) is 17.9 Å². The number of anilines is 4. The van der Waals surface area contributed by atoms with Crippen LogP contribution in [0.3, 0.4) is 0 Å². The van der Waals surface area contributed by atoms with Crippen molar-refractivity contribution in [3.8, 4) is 11.1 Å². The van der Waals surface area contributed by atoms with Crippen LogP contribution in [0.5, 0.6) is 0 Å². The second kappa shape index (κ2) is 10.5. The van der Waals surface area contributed by atoms with Gasteiger partial charge in [-0.1, -0.05) is 36.9 Å². The van der Waals surface area contributed by atoms with E-state index < -0.39 is 0 Å². The molecule has 8 nitrogen and oxygen atoms in total. The number of amides is 2. The number of nitrogens with zero attached hydrogens (tertiary/aromatic N) is 3. The largest absolute Gasteiger partial charge is 0.380 e. The van der Waals surface area contributed by atoms with Gasteiger partial charge in [0.2, 0.25) is 17.8 Å². The van der Waals surface area contributed by atoms with Gasteiger partial charge in [0.05, 0.1) is 5.52 Å². The van der Waals surface area contributed by atoms with E-state index in [1.165, 1.54) is 6.08 Å². The van der Waals surface area contributed by atoms with Crippen molar-refractivity contribution in [3.63, 3.8) is 0 Å². The molecule has 0 saturated carbocycles. The van der Waals surface area contributed by atoms with Gasteiger partial charge in [-0.05, 0) is 54.5 Å².